The monoisotopic (exact) mass is 402 g/mol. The van der Waals surface area contributed by atoms with Crippen molar-refractivity contribution in [1.82, 2.24) is 14.8 Å². The second-order valence-corrected chi connectivity index (χ2v) is 7.67. The lowest BCUT2D eigenvalue weighted by Crippen LogP contribution is -2.45. The van der Waals surface area contributed by atoms with Crippen LogP contribution in [0.3, 0.4) is 0 Å². The van der Waals surface area contributed by atoms with Crippen molar-refractivity contribution in [2.24, 2.45) is 5.73 Å². The first-order valence-corrected chi connectivity index (χ1v) is 9.86. The number of fused-ring (bicyclic) bond motifs is 1. The largest absolute Gasteiger partial charge is 0.370 e. The maximum Gasteiger partial charge on any atom is 0.244 e. The van der Waals surface area contributed by atoms with Gasteiger partial charge in [0.15, 0.2) is 5.16 Å². The van der Waals surface area contributed by atoms with Crippen molar-refractivity contribution in [3.63, 3.8) is 0 Å². The quantitative estimate of drug-likeness (QED) is 0.671. The molecule has 1 aromatic carbocycles. The standard InChI is InChI=1S/C18H22N6O3S/c1-3-23-15(9-8-14(19)25)21-22-18(23)28-11(2)17(27)24-10-16(26)20-12-6-4-5-7-13(12)24/h4-7,11H,3,8-10H2,1-2H3,(H2,19,25)(H,20,26). The average Bonchev–Trinajstić information content (AvgIpc) is 3.06. The summed E-state index contributed by atoms with van der Waals surface area (Å²) in [5.41, 5.74) is 6.51. The molecule has 3 N–H and O–H groups in total. The Bertz CT molecular complexity index is 912. The van der Waals surface area contributed by atoms with Crippen LogP contribution in [-0.4, -0.2) is 44.3 Å². The number of amides is 3. The summed E-state index contributed by atoms with van der Waals surface area (Å²) in [7, 11) is 0. The number of benzene rings is 1. The van der Waals surface area contributed by atoms with Crippen LogP contribution in [0.4, 0.5) is 11.4 Å². The van der Waals surface area contributed by atoms with E-state index >= 15 is 0 Å². The van der Waals surface area contributed by atoms with Gasteiger partial charge in [0.25, 0.3) is 0 Å². The molecule has 0 aliphatic carbocycles. The number of rotatable bonds is 7. The Morgan fingerprint density at radius 3 is 2.79 bits per heavy atom. The summed E-state index contributed by atoms with van der Waals surface area (Å²) in [6.07, 6.45) is 0.593. The number of nitrogens with two attached hydrogens (primary N) is 1. The maximum atomic E-state index is 13.0. The van der Waals surface area contributed by atoms with Crippen molar-refractivity contribution in [2.75, 3.05) is 16.8 Å². The highest BCUT2D eigenvalue weighted by molar-refractivity contribution is 8.00. The summed E-state index contributed by atoms with van der Waals surface area (Å²) < 4.78 is 1.87. The van der Waals surface area contributed by atoms with Gasteiger partial charge in [-0.3, -0.25) is 19.3 Å². The first-order valence-electron chi connectivity index (χ1n) is 8.98. The van der Waals surface area contributed by atoms with Crippen LogP contribution in [0.15, 0.2) is 29.4 Å². The minimum Gasteiger partial charge on any atom is -0.370 e. The number of para-hydroxylation sites is 2. The van der Waals surface area contributed by atoms with Crippen molar-refractivity contribution in [3.8, 4) is 0 Å². The van der Waals surface area contributed by atoms with Gasteiger partial charge in [0.05, 0.1) is 16.6 Å². The van der Waals surface area contributed by atoms with Gasteiger partial charge in [0.2, 0.25) is 17.7 Å². The van der Waals surface area contributed by atoms with Crippen LogP contribution in [0.2, 0.25) is 0 Å². The Balaban J connectivity index is 1.76. The highest BCUT2D eigenvalue weighted by atomic mass is 32.2. The number of nitrogens with zero attached hydrogens (tertiary/aromatic N) is 4. The van der Waals surface area contributed by atoms with E-state index in [4.69, 9.17) is 5.73 Å². The number of carbonyl (C=O) groups is 3. The van der Waals surface area contributed by atoms with E-state index in [0.717, 1.165) is 0 Å². The van der Waals surface area contributed by atoms with Crippen molar-refractivity contribution >= 4 is 40.9 Å². The molecule has 1 unspecified atom stereocenters. The Labute approximate surface area is 166 Å². The number of anilines is 2. The summed E-state index contributed by atoms with van der Waals surface area (Å²) in [6, 6.07) is 7.21. The number of aryl methyl sites for hydroxylation is 1. The summed E-state index contributed by atoms with van der Waals surface area (Å²) in [5, 5.41) is 11.2. The van der Waals surface area contributed by atoms with Gasteiger partial charge >= 0.3 is 0 Å². The molecule has 0 spiro atoms. The first kappa shape index (κ1) is 19.9. The van der Waals surface area contributed by atoms with Gasteiger partial charge in [-0.15, -0.1) is 10.2 Å². The van der Waals surface area contributed by atoms with E-state index in [1.165, 1.54) is 16.7 Å². The van der Waals surface area contributed by atoms with Gasteiger partial charge in [-0.1, -0.05) is 23.9 Å². The molecule has 3 rings (SSSR count). The van der Waals surface area contributed by atoms with E-state index in [2.05, 4.69) is 15.5 Å². The molecule has 9 nitrogen and oxygen atoms in total. The smallest absolute Gasteiger partial charge is 0.244 e. The molecule has 3 amide bonds. The van der Waals surface area contributed by atoms with Gasteiger partial charge in [0, 0.05) is 19.4 Å². The van der Waals surface area contributed by atoms with E-state index in [1.807, 2.05) is 23.6 Å². The maximum absolute atomic E-state index is 13.0. The summed E-state index contributed by atoms with van der Waals surface area (Å²) in [5.74, 6) is -0.150. The Morgan fingerprint density at radius 1 is 1.32 bits per heavy atom. The lowest BCUT2D eigenvalue weighted by atomic mass is 10.2. The highest BCUT2D eigenvalue weighted by Crippen LogP contribution is 2.32. The molecule has 1 aromatic heterocycles. The van der Waals surface area contributed by atoms with Gasteiger partial charge in [-0.2, -0.15) is 0 Å². The molecule has 148 valence electrons. The lowest BCUT2D eigenvalue weighted by molar-refractivity contribution is -0.121. The van der Waals surface area contributed by atoms with Gasteiger partial charge in [-0.05, 0) is 26.0 Å². The first-order chi connectivity index (χ1) is 13.4. The van der Waals surface area contributed by atoms with E-state index in [0.29, 0.717) is 35.3 Å². The third kappa shape index (κ3) is 4.16. The van der Waals surface area contributed by atoms with Crippen LogP contribution in [0.25, 0.3) is 0 Å². The average molecular weight is 402 g/mol. The number of nitrogens with one attached hydrogen (secondary N) is 1. The molecule has 2 heterocycles. The fraction of sp³-hybridized carbons (Fsp3) is 0.389. The molecular formula is C18H22N6O3S. The number of hydrogen-bond acceptors (Lipinski definition) is 6. The number of primary amides is 1. The highest BCUT2D eigenvalue weighted by Gasteiger charge is 2.31. The van der Waals surface area contributed by atoms with Crippen LogP contribution in [0.5, 0.6) is 0 Å². The van der Waals surface area contributed by atoms with Gasteiger partial charge in [-0.25, -0.2) is 0 Å². The molecule has 0 radical (unpaired) electrons. The van der Waals surface area contributed by atoms with E-state index in [-0.39, 0.29) is 24.8 Å². The van der Waals surface area contributed by atoms with E-state index in [1.54, 1.807) is 19.1 Å². The normalized spacial score (nSPS) is 14.4. The fourth-order valence-electron chi connectivity index (χ4n) is 3.00. The third-order valence-corrected chi connectivity index (χ3v) is 5.44. The molecule has 10 heteroatoms. The second kappa shape index (κ2) is 8.42. The molecule has 2 aromatic rings. The molecule has 1 aliphatic heterocycles. The van der Waals surface area contributed by atoms with Gasteiger partial charge in [0.1, 0.15) is 12.4 Å². The van der Waals surface area contributed by atoms with Crippen molar-refractivity contribution in [3.05, 3.63) is 30.1 Å². The molecule has 0 fully saturated rings. The SMILES string of the molecule is CCn1c(CCC(N)=O)nnc1SC(C)C(=O)N1CC(=O)Nc2ccccc21. The molecule has 0 saturated carbocycles. The molecule has 1 atom stereocenters. The topological polar surface area (TPSA) is 123 Å². The van der Waals surface area contributed by atoms with Crippen molar-refractivity contribution in [1.29, 1.82) is 0 Å². The van der Waals surface area contributed by atoms with Crippen molar-refractivity contribution < 1.29 is 14.4 Å². The van der Waals surface area contributed by atoms with E-state index < -0.39 is 11.2 Å². The summed E-state index contributed by atoms with van der Waals surface area (Å²) in [4.78, 5) is 37.5. The fourth-order valence-corrected chi connectivity index (χ4v) is 4.00. The van der Waals surface area contributed by atoms with Crippen LogP contribution in [-0.2, 0) is 27.3 Å². The Hall–Kier alpha value is -2.88. The predicted molar refractivity (Wildman–Crippen MR) is 106 cm³/mol. The van der Waals surface area contributed by atoms with Crippen molar-refractivity contribution in [2.45, 2.75) is 43.6 Å². The summed E-state index contributed by atoms with van der Waals surface area (Å²) >= 11 is 1.28. The minimum absolute atomic E-state index is 0.0227. The van der Waals surface area contributed by atoms with E-state index in [9.17, 15) is 14.4 Å². The number of thioether (sulfide) groups is 1. The molecule has 28 heavy (non-hydrogen) atoms. The zero-order valence-corrected chi connectivity index (χ0v) is 16.5. The third-order valence-electron chi connectivity index (χ3n) is 4.37. The van der Waals surface area contributed by atoms with Crippen LogP contribution >= 0.6 is 11.8 Å². The number of aromatic nitrogens is 3. The van der Waals surface area contributed by atoms with Gasteiger partial charge < -0.3 is 15.6 Å². The summed E-state index contributed by atoms with van der Waals surface area (Å²) in [6.45, 7) is 4.31. The van der Waals surface area contributed by atoms with Crippen LogP contribution in [0, 0.1) is 0 Å². The Morgan fingerprint density at radius 2 is 2.07 bits per heavy atom. The van der Waals surface area contributed by atoms with Crippen LogP contribution in [0.1, 0.15) is 26.1 Å². The second-order valence-electron chi connectivity index (χ2n) is 6.36. The zero-order chi connectivity index (χ0) is 20.3. The molecule has 1 aliphatic rings. The Kier molecular flexibility index (Phi) is 5.98. The van der Waals surface area contributed by atoms with Crippen LogP contribution < -0.4 is 16.0 Å². The minimum atomic E-state index is -0.475. The number of hydrogen-bond donors (Lipinski definition) is 2. The lowest BCUT2D eigenvalue weighted by Gasteiger charge is -2.30. The predicted octanol–water partition coefficient (Wildman–Crippen LogP) is 1.18. The molecule has 0 bridgehead atoms. The molecular weight excluding hydrogens is 380 g/mol. The molecule has 0 saturated heterocycles. The number of carbonyl (C=O) groups excluding carboxylic acids is 3. The zero-order valence-electron chi connectivity index (χ0n) is 15.7.